The van der Waals surface area contributed by atoms with Crippen LogP contribution in [0.4, 0.5) is 11.4 Å². The van der Waals surface area contributed by atoms with Gasteiger partial charge in [-0.25, -0.2) is 8.42 Å². The van der Waals surface area contributed by atoms with E-state index in [1.165, 1.54) is 10.6 Å². The van der Waals surface area contributed by atoms with E-state index in [2.05, 4.69) is 17.0 Å². The third-order valence-corrected chi connectivity index (χ3v) is 6.95. The molecule has 7 heteroatoms. The van der Waals surface area contributed by atoms with Crippen molar-refractivity contribution in [1.82, 2.24) is 4.90 Å². The SMILES string of the molecule is CCC(C(=O)N1CCN(c2ccccc2)CC1)N(c1ccc(C)c(C)c1)S(C)(=O)=O. The average molecular weight is 430 g/mol. The molecule has 0 radical (unpaired) electrons. The number of nitrogens with zero attached hydrogens (tertiary/aromatic N) is 3. The van der Waals surface area contributed by atoms with Gasteiger partial charge in [-0.3, -0.25) is 9.10 Å². The van der Waals surface area contributed by atoms with Gasteiger partial charge < -0.3 is 9.80 Å². The number of hydrogen-bond acceptors (Lipinski definition) is 4. The molecule has 2 aromatic rings. The van der Waals surface area contributed by atoms with Gasteiger partial charge in [0, 0.05) is 31.9 Å². The number of carbonyl (C=O) groups excluding carboxylic acids is 1. The summed E-state index contributed by atoms with van der Waals surface area (Å²) in [5.74, 6) is -0.131. The van der Waals surface area contributed by atoms with Crippen molar-refractivity contribution in [2.45, 2.75) is 33.2 Å². The zero-order valence-corrected chi connectivity index (χ0v) is 19.0. The van der Waals surface area contributed by atoms with Crippen LogP contribution in [0.2, 0.25) is 0 Å². The Morgan fingerprint density at radius 3 is 2.17 bits per heavy atom. The minimum Gasteiger partial charge on any atom is -0.368 e. The molecule has 1 unspecified atom stereocenters. The van der Waals surface area contributed by atoms with E-state index in [0.29, 0.717) is 25.2 Å². The van der Waals surface area contributed by atoms with Crippen LogP contribution in [0.5, 0.6) is 0 Å². The van der Waals surface area contributed by atoms with E-state index in [9.17, 15) is 13.2 Å². The highest BCUT2D eigenvalue weighted by atomic mass is 32.2. The van der Waals surface area contributed by atoms with Crippen molar-refractivity contribution in [1.29, 1.82) is 0 Å². The average Bonchev–Trinajstić information content (AvgIpc) is 2.73. The van der Waals surface area contributed by atoms with Gasteiger partial charge >= 0.3 is 0 Å². The van der Waals surface area contributed by atoms with Gasteiger partial charge in [-0.1, -0.05) is 31.2 Å². The smallest absolute Gasteiger partial charge is 0.246 e. The summed E-state index contributed by atoms with van der Waals surface area (Å²) in [4.78, 5) is 17.4. The molecule has 0 spiro atoms. The number of benzene rings is 2. The van der Waals surface area contributed by atoms with Crippen molar-refractivity contribution in [3.05, 3.63) is 59.7 Å². The summed E-state index contributed by atoms with van der Waals surface area (Å²) >= 11 is 0. The van der Waals surface area contributed by atoms with Crippen LogP contribution in [0.3, 0.4) is 0 Å². The number of anilines is 2. The topological polar surface area (TPSA) is 60.9 Å². The molecule has 3 rings (SSSR count). The predicted molar refractivity (Wildman–Crippen MR) is 123 cm³/mol. The molecule has 1 amide bonds. The monoisotopic (exact) mass is 429 g/mol. The second-order valence-electron chi connectivity index (χ2n) is 7.90. The number of sulfonamides is 1. The summed E-state index contributed by atoms with van der Waals surface area (Å²) in [7, 11) is -3.62. The largest absolute Gasteiger partial charge is 0.368 e. The van der Waals surface area contributed by atoms with Crippen LogP contribution in [0, 0.1) is 13.8 Å². The van der Waals surface area contributed by atoms with E-state index in [4.69, 9.17) is 0 Å². The number of amides is 1. The first-order valence-corrected chi connectivity index (χ1v) is 12.2. The fraction of sp³-hybridized carbons (Fsp3) is 0.435. The number of carbonyl (C=O) groups is 1. The molecule has 0 saturated carbocycles. The van der Waals surface area contributed by atoms with Crippen molar-refractivity contribution in [2.24, 2.45) is 0 Å². The third kappa shape index (κ3) is 4.78. The fourth-order valence-electron chi connectivity index (χ4n) is 3.94. The first kappa shape index (κ1) is 22.2. The summed E-state index contributed by atoms with van der Waals surface area (Å²) in [5.41, 5.74) is 3.77. The van der Waals surface area contributed by atoms with Gasteiger partial charge in [0.05, 0.1) is 11.9 Å². The molecular weight excluding hydrogens is 398 g/mol. The number of hydrogen-bond donors (Lipinski definition) is 0. The van der Waals surface area contributed by atoms with E-state index >= 15 is 0 Å². The van der Waals surface area contributed by atoms with E-state index in [-0.39, 0.29) is 5.91 Å². The third-order valence-electron chi connectivity index (χ3n) is 5.77. The molecular formula is C23H31N3O3S. The quantitative estimate of drug-likeness (QED) is 0.708. The van der Waals surface area contributed by atoms with Gasteiger partial charge in [0.2, 0.25) is 15.9 Å². The molecule has 1 aliphatic heterocycles. The van der Waals surface area contributed by atoms with Crippen LogP contribution >= 0.6 is 0 Å². The Bertz CT molecular complexity index is 984. The molecule has 1 fully saturated rings. The lowest BCUT2D eigenvalue weighted by Gasteiger charge is -2.39. The van der Waals surface area contributed by atoms with E-state index < -0.39 is 16.1 Å². The highest BCUT2D eigenvalue weighted by Crippen LogP contribution is 2.26. The van der Waals surface area contributed by atoms with Crippen LogP contribution in [-0.4, -0.2) is 57.7 Å². The molecule has 1 aliphatic rings. The van der Waals surface area contributed by atoms with Gasteiger partial charge in [0.15, 0.2) is 0 Å². The molecule has 30 heavy (non-hydrogen) atoms. The standard InChI is InChI=1S/C23H31N3O3S/c1-5-22(26(30(4,28)29)21-12-11-18(2)19(3)17-21)23(27)25-15-13-24(14-16-25)20-9-7-6-8-10-20/h6-12,17,22H,5,13-16H2,1-4H3. The van der Waals surface area contributed by atoms with Crippen molar-refractivity contribution >= 4 is 27.3 Å². The van der Waals surface area contributed by atoms with Crippen molar-refractivity contribution in [3.8, 4) is 0 Å². The first-order chi connectivity index (χ1) is 14.2. The zero-order valence-electron chi connectivity index (χ0n) is 18.2. The molecule has 0 aromatic heterocycles. The maximum atomic E-state index is 13.4. The molecule has 2 aromatic carbocycles. The van der Waals surface area contributed by atoms with Gasteiger partial charge in [-0.15, -0.1) is 0 Å². The van der Waals surface area contributed by atoms with Gasteiger partial charge in [0.25, 0.3) is 0 Å². The van der Waals surface area contributed by atoms with Crippen molar-refractivity contribution in [3.63, 3.8) is 0 Å². The lowest BCUT2D eigenvalue weighted by atomic mass is 10.1. The number of para-hydroxylation sites is 1. The van der Waals surface area contributed by atoms with E-state index in [1.807, 2.05) is 51.1 Å². The van der Waals surface area contributed by atoms with Crippen LogP contribution in [-0.2, 0) is 14.8 Å². The highest BCUT2D eigenvalue weighted by Gasteiger charge is 2.35. The molecule has 6 nitrogen and oxygen atoms in total. The summed E-state index contributed by atoms with van der Waals surface area (Å²) < 4.78 is 26.7. The zero-order chi connectivity index (χ0) is 21.9. The van der Waals surface area contributed by atoms with Crippen LogP contribution in [0.15, 0.2) is 48.5 Å². The second kappa shape index (κ2) is 9.08. The molecule has 162 valence electrons. The maximum Gasteiger partial charge on any atom is 0.246 e. The number of rotatable bonds is 6. The Kier molecular flexibility index (Phi) is 6.71. The molecule has 1 saturated heterocycles. The minimum atomic E-state index is -3.62. The van der Waals surface area contributed by atoms with Crippen LogP contribution < -0.4 is 9.21 Å². The maximum absolute atomic E-state index is 13.4. The summed E-state index contributed by atoms with van der Waals surface area (Å²) in [6, 6.07) is 14.9. The van der Waals surface area contributed by atoms with E-state index in [1.54, 1.807) is 11.0 Å². The molecule has 0 aliphatic carbocycles. The minimum absolute atomic E-state index is 0.131. The Labute approximate surface area is 180 Å². The molecule has 1 atom stereocenters. The summed E-state index contributed by atoms with van der Waals surface area (Å²) in [6.07, 6.45) is 1.59. The van der Waals surface area contributed by atoms with Crippen LogP contribution in [0.25, 0.3) is 0 Å². The molecule has 0 N–H and O–H groups in total. The van der Waals surface area contributed by atoms with Crippen molar-refractivity contribution in [2.75, 3.05) is 41.6 Å². The Morgan fingerprint density at radius 1 is 1.00 bits per heavy atom. The Morgan fingerprint density at radius 2 is 1.63 bits per heavy atom. The van der Waals surface area contributed by atoms with Gasteiger partial charge in [-0.2, -0.15) is 0 Å². The Hall–Kier alpha value is -2.54. The summed E-state index contributed by atoms with van der Waals surface area (Å²) in [6.45, 7) is 8.42. The Balaban J connectivity index is 1.80. The molecule has 1 heterocycles. The molecule has 0 bridgehead atoms. The number of aryl methyl sites for hydroxylation is 2. The lowest BCUT2D eigenvalue weighted by Crippen LogP contribution is -2.56. The summed E-state index contributed by atoms with van der Waals surface area (Å²) in [5, 5.41) is 0. The second-order valence-corrected chi connectivity index (χ2v) is 9.76. The lowest BCUT2D eigenvalue weighted by molar-refractivity contribution is -0.132. The van der Waals surface area contributed by atoms with Gasteiger partial charge in [-0.05, 0) is 55.7 Å². The number of piperazine rings is 1. The predicted octanol–water partition coefficient (Wildman–Crippen LogP) is 3.20. The van der Waals surface area contributed by atoms with E-state index in [0.717, 1.165) is 29.9 Å². The van der Waals surface area contributed by atoms with Crippen LogP contribution in [0.1, 0.15) is 24.5 Å². The van der Waals surface area contributed by atoms with Gasteiger partial charge in [0.1, 0.15) is 6.04 Å². The van der Waals surface area contributed by atoms with Crippen molar-refractivity contribution < 1.29 is 13.2 Å². The normalized spacial score (nSPS) is 15.7. The fourth-order valence-corrected chi connectivity index (χ4v) is 5.14. The first-order valence-electron chi connectivity index (χ1n) is 10.4. The highest BCUT2D eigenvalue weighted by molar-refractivity contribution is 7.92.